The van der Waals surface area contributed by atoms with E-state index in [2.05, 4.69) is 15.9 Å². The van der Waals surface area contributed by atoms with Crippen LogP contribution in [0, 0.1) is 0 Å². The molecule has 0 amide bonds. The Balaban J connectivity index is 2.83. The predicted octanol–water partition coefficient (Wildman–Crippen LogP) is 1.97. The smallest absolute Gasteiger partial charge is 0.212 e. The quantitative estimate of drug-likeness (QED) is 0.743. The molecule has 0 aromatic carbocycles. The molecule has 84 valence electrons. The van der Waals surface area contributed by atoms with Gasteiger partial charge in [-0.25, -0.2) is 8.42 Å². The van der Waals surface area contributed by atoms with E-state index in [0.717, 1.165) is 24.6 Å². The van der Waals surface area contributed by atoms with Crippen molar-refractivity contribution in [1.82, 2.24) is 4.31 Å². The molecule has 0 radical (unpaired) electrons. The molecule has 0 spiro atoms. The van der Waals surface area contributed by atoms with Crippen molar-refractivity contribution < 1.29 is 8.42 Å². The summed E-state index contributed by atoms with van der Waals surface area (Å²) in [7, 11) is -3.06. The Labute approximate surface area is 95.0 Å². The van der Waals surface area contributed by atoms with Crippen LogP contribution in [0.4, 0.5) is 0 Å². The number of rotatable bonds is 3. The normalized spacial score (nSPS) is 25.6. The number of halogens is 1. The zero-order valence-electron chi connectivity index (χ0n) is 8.74. The molecule has 1 fully saturated rings. The number of nitrogens with zero attached hydrogens (tertiary/aromatic N) is 1. The van der Waals surface area contributed by atoms with Crippen LogP contribution in [0.3, 0.4) is 0 Å². The maximum absolute atomic E-state index is 12.0. The lowest BCUT2D eigenvalue weighted by atomic mass is 10.1. The Kier molecular flexibility index (Phi) is 4.40. The highest BCUT2D eigenvalue weighted by Gasteiger charge is 2.33. The van der Waals surface area contributed by atoms with Gasteiger partial charge in [-0.1, -0.05) is 22.4 Å². The summed E-state index contributed by atoms with van der Waals surface area (Å²) in [5, 5.41) is 0.445. The Morgan fingerprint density at radius 1 is 1.43 bits per heavy atom. The second kappa shape index (κ2) is 4.94. The van der Waals surface area contributed by atoms with Crippen molar-refractivity contribution in [3.05, 3.63) is 0 Å². The molecule has 5 heteroatoms. The van der Waals surface area contributed by atoms with E-state index in [9.17, 15) is 8.42 Å². The van der Waals surface area contributed by atoms with Gasteiger partial charge in [0.15, 0.2) is 0 Å². The van der Waals surface area contributed by atoms with Crippen molar-refractivity contribution in [1.29, 1.82) is 0 Å². The van der Waals surface area contributed by atoms with Gasteiger partial charge >= 0.3 is 0 Å². The van der Waals surface area contributed by atoms with Crippen LogP contribution in [-0.2, 0) is 10.0 Å². The molecule has 0 saturated carbocycles. The summed E-state index contributed by atoms with van der Waals surface area (Å²) in [6.07, 6.45) is 3.12. The zero-order valence-corrected chi connectivity index (χ0v) is 11.1. The van der Waals surface area contributed by atoms with Gasteiger partial charge in [0, 0.05) is 17.9 Å². The first kappa shape index (κ1) is 12.5. The van der Waals surface area contributed by atoms with Crippen molar-refractivity contribution in [3.63, 3.8) is 0 Å². The van der Waals surface area contributed by atoms with E-state index in [1.54, 1.807) is 18.2 Å². The van der Waals surface area contributed by atoms with Crippen molar-refractivity contribution in [2.24, 2.45) is 0 Å². The third kappa shape index (κ3) is 2.49. The van der Waals surface area contributed by atoms with Gasteiger partial charge in [-0.2, -0.15) is 4.31 Å². The fraction of sp³-hybridized carbons (Fsp3) is 1.00. The number of sulfonamides is 1. The number of hydrogen-bond acceptors (Lipinski definition) is 2. The SMILES string of the molecule is CC(C)S(=O)(=O)N1CCCCC1CBr. The van der Waals surface area contributed by atoms with Gasteiger partial charge in [-0.05, 0) is 26.7 Å². The van der Waals surface area contributed by atoms with E-state index in [4.69, 9.17) is 0 Å². The average molecular weight is 284 g/mol. The van der Waals surface area contributed by atoms with Crippen molar-refractivity contribution >= 4 is 26.0 Å². The van der Waals surface area contributed by atoms with Crippen LogP contribution in [0.1, 0.15) is 33.1 Å². The van der Waals surface area contributed by atoms with Crippen LogP contribution in [-0.4, -0.2) is 35.9 Å². The van der Waals surface area contributed by atoms with Crippen molar-refractivity contribution in [3.8, 4) is 0 Å². The van der Waals surface area contributed by atoms with E-state index >= 15 is 0 Å². The second-order valence-corrected chi connectivity index (χ2v) is 7.10. The largest absolute Gasteiger partial charge is 0.216 e. The number of piperidine rings is 1. The maximum atomic E-state index is 12.0. The average Bonchev–Trinajstić information content (AvgIpc) is 2.17. The monoisotopic (exact) mass is 283 g/mol. The highest BCUT2D eigenvalue weighted by Crippen LogP contribution is 2.23. The molecule has 0 N–H and O–H groups in total. The van der Waals surface area contributed by atoms with Crippen LogP contribution < -0.4 is 0 Å². The minimum atomic E-state index is -3.06. The minimum Gasteiger partial charge on any atom is -0.212 e. The highest BCUT2D eigenvalue weighted by atomic mass is 79.9. The van der Waals surface area contributed by atoms with Gasteiger partial charge in [0.25, 0.3) is 0 Å². The lowest BCUT2D eigenvalue weighted by Crippen LogP contribution is -2.47. The lowest BCUT2D eigenvalue weighted by molar-refractivity contribution is 0.271. The first-order valence-corrected chi connectivity index (χ1v) is 7.69. The van der Waals surface area contributed by atoms with E-state index < -0.39 is 10.0 Å². The van der Waals surface area contributed by atoms with Crippen LogP contribution in [0.15, 0.2) is 0 Å². The summed E-state index contributed by atoms with van der Waals surface area (Å²) in [6.45, 7) is 4.18. The molecule has 1 saturated heterocycles. The predicted molar refractivity (Wildman–Crippen MR) is 62.2 cm³/mol. The molecule has 3 nitrogen and oxygen atoms in total. The highest BCUT2D eigenvalue weighted by molar-refractivity contribution is 9.09. The molecular weight excluding hydrogens is 266 g/mol. The molecule has 1 rings (SSSR count). The maximum Gasteiger partial charge on any atom is 0.216 e. The Morgan fingerprint density at radius 2 is 2.07 bits per heavy atom. The first-order chi connectivity index (χ1) is 6.50. The summed E-state index contributed by atoms with van der Waals surface area (Å²) in [6, 6.07) is 0.163. The van der Waals surface area contributed by atoms with Crippen molar-refractivity contribution in [2.75, 3.05) is 11.9 Å². The molecule has 0 aliphatic carbocycles. The van der Waals surface area contributed by atoms with E-state index in [0.29, 0.717) is 6.54 Å². The van der Waals surface area contributed by atoms with Crippen LogP contribution >= 0.6 is 15.9 Å². The topological polar surface area (TPSA) is 37.4 Å². The third-order valence-corrected chi connectivity index (χ3v) is 5.75. The minimum absolute atomic E-state index is 0.163. The summed E-state index contributed by atoms with van der Waals surface area (Å²) in [4.78, 5) is 0. The van der Waals surface area contributed by atoms with Crippen LogP contribution in [0.25, 0.3) is 0 Å². The third-order valence-electron chi connectivity index (χ3n) is 2.67. The summed E-state index contributed by atoms with van der Waals surface area (Å²) >= 11 is 3.39. The van der Waals surface area contributed by atoms with E-state index in [1.165, 1.54) is 0 Å². The van der Waals surface area contributed by atoms with Gasteiger partial charge in [0.05, 0.1) is 5.25 Å². The molecule has 0 bridgehead atoms. The fourth-order valence-electron chi connectivity index (χ4n) is 1.73. The zero-order chi connectivity index (χ0) is 10.8. The lowest BCUT2D eigenvalue weighted by Gasteiger charge is -2.34. The molecule has 1 aliphatic rings. The Bertz CT molecular complexity index is 277. The fourth-order valence-corrected chi connectivity index (χ4v) is 4.12. The summed E-state index contributed by atoms with van der Waals surface area (Å²) in [5.74, 6) is 0. The van der Waals surface area contributed by atoms with E-state index in [-0.39, 0.29) is 11.3 Å². The van der Waals surface area contributed by atoms with Crippen molar-refractivity contribution in [2.45, 2.75) is 44.4 Å². The summed E-state index contributed by atoms with van der Waals surface area (Å²) in [5.41, 5.74) is 0. The molecule has 1 heterocycles. The Hall–Kier alpha value is 0.390. The van der Waals surface area contributed by atoms with Gasteiger partial charge in [-0.3, -0.25) is 0 Å². The van der Waals surface area contributed by atoms with Crippen LogP contribution in [0.2, 0.25) is 0 Å². The van der Waals surface area contributed by atoms with Gasteiger partial charge in [-0.15, -0.1) is 0 Å². The standard InChI is InChI=1S/C9H18BrNO2S/c1-8(2)14(12,13)11-6-4-3-5-9(11)7-10/h8-9H,3-7H2,1-2H3. The molecule has 14 heavy (non-hydrogen) atoms. The van der Waals surface area contributed by atoms with Gasteiger partial charge in [0.1, 0.15) is 0 Å². The molecule has 0 aromatic rings. The second-order valence-electron chi connectivity index (χ2n) is 4.01. The first-order valence-electron chi connectivity index (χ1n) is 5.06. The summed E-state index contributed by atoms with van der Waals surface area (Å²) < 4.78 is 25.6. The molecule has 0 aromatic heterocycles. The van der Waals surface area contributed by atoms with E-state index in [1.807, 2.05) is 0 Å². The molecule has 1 unspecified atom stereocenters. The van der Waals surface area contributed by atoms with Gasteiger partial charge in [0.2, 0.25) is 10.0 Å². The van der Waals surface area contributed by atoms with Crippen LogP contribution in [0.5, 0.6) is 0 Å². The van der Waals surface area contributed by atoms with Gasteiger partial charge < -0.3 is 0 Å². The molecule has 1 atom stereocenters. The molecular formula is C9H18BrNO2S. The Morgan fingerprint density at radius 3 is 2.57 bits per heavy atom. The number of hydrogen-bond donors (Lipinski definition) is 0. The molecule has 1 aliphatic heterocycles. The number of alkyl halides is 1.